The SMILES string of the molecule is CC1=CCC[C@@H]2[C@](C)(CC/C(C)=C/C=O)[C@H](C(=O)O)CC[C@@]12C. The molecule has 2 aliphatic carbocycles. The maximum atomic E-state index is 11.9. The van der Waals surface area contributed by atoms with Crippen LogP contribution in [0.25, 0.3) is 0 Å². The molecule has 0 heterocycles. The number of carbonyl (C=O) groups excluding carboxylic acids is 1. The maximum absolute atomic E-state index is 11.9. The summed E-state index contributed by atoms with van der Waals surface area (Å²) in [6.07, 6.45) is 10.3. The number of carboxylic acids is 1. The Morgan fingerprint density at radius 1 is 1.39 bits per heavy atom. The second kappa shape index (κ2) is 6.62. The van der Waals surface area contributed by atoms with Crippen molar-refractivity contribution in [3.63, 3.8) is 0 Å². The van der Waals surface area contributed by atoms with Crippen LogP contribution < -0.4 is 0 Å². The van der Waals surface area contributed by atoms with E-state index in [1.807, 2.05) is 6.92 Å². The molecule has 1 N–H and O–H groups in total. The summed E-state index contributed by atoms with van der Waals surface area (Å²) in [7, 11) is 0. The molecule has 2 aliphatic rings. The second-order valence-electron chi connectivity index (χ2n) is 8.02. The fourth-order valence-corrected chi connectivity index (χ4v) is 5.16. The van der Waals surface area contributed by atoms with Gasteiger partial charge in [0.1, 0.15) is 6.29 Å². The van der Waals surface area contributed by atoms with Crippen molar-refractivity contribution in [3.8, 4) is 0 Å². The van der Waals surface area contributed by atoms with Gasteiger partial charge in [-0.25, -0.2) is 0 Å². The normalized spacial score (nSPS) is 37.7. The van der Waals surface area contributed by atoms with Gasteiger partial charge in [0.2, 0.25) is 0 Å². The van der Waals surface area contributed by atoms with E-state index in [4.69, 9.17) is 0 Å². The second-order valence-corrected chi connectivity index (χ2v) is 8.02. The number of carboxylic acid groups (broad SMARTS) is 1. The summed E-state index contributed by atoms with van der Waals surface area (Å²) in [5.74, 6) is -0.534. The van der Waals surface area contributed by atoms with Crippen LogP contribution in [-0.4, -0.2) is 17.4 Å². The number of hydrogen-bond acceptors (Lipinski definition) is 2. The topological polar surface area (TPSA) is 54.4 Å². The molecule has 1 fully saturated rings. The zero-order valence-corrected chi connectivity index (χ0v) is 14.9. The minimum absolute atomic E-state index is 0.126. The smallest absolute Gasteiger partial charge is 0.307 e. The maximum Gasteiger partial charge on any atom is 0.307 e. The Morgan fingerprint density at radius 2 is 2.09 bits per heavy atom. The highest BCUT2D eigenvalue weighted by Gasteiger charge is 2.56. The molecule has 128 valence electrons. The highest BCUT2D eigenvalue weighted by molar-refractivity contribution is 5.71. The van der Waals surface area contributed by atoms with Crippen LogP contribution in [0.5, 0.6) is 0 Å². The van der Waals surface area contributed by atoms with E-state index in [1.54, 1.807) is 6.08 Å². The molecule has 3 nitrogen and oxygen atoms in total. The van der Waals surface area contributed by atoms with Gasteiger partial charge >= 0.3 is 5.97 Å². The Hall–Kier alpha value is -1.38. The van der Waals surface area contributed by atoms with Gasteiger partial charge in [-0.1, -0.05) is 31.1 Å². The molecule has 0 bridgehead atoms. The zero-order chi connectivity index (χ0) is 17.3. The van der Waals surface area contributed by atoms with Gasteiger partial charge < -0.3 is 5.11 Å². The van der Waals surface area contributed by atoms with Crippen molar-refractivity contribution in [1.82, 2.24) is 0 Å². The summed E-state index contributed by atoms with van der Waals surface area (Å²) in [6.45, 7) is 8.68. The molecule has 0 unspecified atom stereocenters. The van der Waals surface area contributed by atoms with Gasteiger partial charge in [0.15, 0.2) is 0 Å². The van der Waals surface area contributed by atoms with Crippen LogP contribution in [0.2, 0.25) is 0 Å². The lowest BCUT2D eigenvalue weighted by atomic mass is 9.46. The molecule has 0 aromatic heterocycles. The van der Waals surface area contributed by atoms with E-state index >= 15 is 0 Å². The first kappa shape index (κ1) is 18.0. The number of aliphatic carboxylic acids is 1. The molecular weight excluding hydrogens is 288 g/mol. The van der Waals surface area contributed by atoms with Gasteiger partial charge in [-0.15, -0.1) is 0 Å². The first-order valence-corrected chi connectivity index (χ1v) is 8.76. The van der Waals surface area contributed by atoms with Gasteiger partial charge in [0.05, 0.1) is 5.92 Å². The lowest BCUT2D eigenvalue weighted by molar-refractivity contribution is -0.156. The summed E-state index contributed by atoms with van der Waals surface area (Å²) in [4.78, 5) is 22.6. The van der Waals surface area contributed by atoms with Crippen LogP contribution >= 0.6 is 0 Å². The number of rotatable bonds is 5. The van der Waals surface area contributed by atoms with Gasteiger partial charge in [-0.2, -0.15) is 0 Å². The quantitative estimate of drug-likeness (QED) is 0.451. The Bertz CT molecular complexity index is 545. The van der Waals surface area contributed by atoms with Crippen LogP contribution in [0.3, 0.4) is 0 Å². The Labute approximate surface area is 139 Å². The molecule has 0 saturated heterocycles. The van der Waals surface area contributed by atoms with E-state index in [0.717, 1.165) is 50.4 Å². The predicted molar refractivity (Wildman–Crippen MR) is 92.1 cm³/mol. The van der Waals surface area contributed by atoms with Gasteiger partial charge in [0, 0.05) is 0 Å². The summed E-state index contributed by atoms with van der Waals surface area (Å²) in [5.41, 5.74) is 2.39. The fourth-order valence-electron chi connectivity index (χ4n) is 5.16. The minimum atomic E-state index is -0.654. The number of allylic oxidation sites excluding steroid dienone is 4. The van der Waals surface area contributed by atoms with Crippen molar-refractivity contribution in [2.75, 3.05) is 0 Å². The number of carbonyl (C=O) groups is 2. The van der Waals surface area contributed by atoms with Crippen LogP contribution in [0.15, 0.2) is 23.3 Å². The molecule has 0 aromatic rings. The summed E-state index contributed by atoms with van der Waals surface area (Å²) < 4.78 is 0. The highest BCUT2D eigenvalue weighted by atomic mass is 16.4. The molecule has 0 spiro atoms. The van der Waals surface area contributed by atoms with Crippen LogP contribution in [0, 0.1) is 22.7 Å². The van der Waals surface area contributed by atoms with Crippen molar-refractivity contribution in [2.24, 2.45) is 22.7 Å². The summed E-state index contributed by atoms with van der Waals surface area (Å²) in [6, 6.07) is 0. The van der Waals surface area contributed by atoms with E-state index in [2.05, 4.69) is 26.8 Å². The Kier molecular flexibility index (Phi) is 5.17. The highest BCUT2D eigenvalue weighted by Crippen LogP contribution is 2.62. The first-order valence-electron chi connectivity index (χ1n) is 8.76. The van der Waals surface area contributed by atoms with E-state index in [1.165, 1.54) is 5.57 Å². The van der Waals surface area contributed by atoms with Crippen molar-refractivity contribution < 1.29 is 14.7 Å². The van der Waals surface area contributed by atoms with Crippen LogP contribution in [0.1, 0.15) is 66.2 Å². The molecule has 0 amide bonds. The summed E-state index contributed by atoms with van der Waals surface area (Å²) >= 11 is 0. The molecule has 1 saturated carbocycles. The average Bonchev–Trinajstić information content (AvgIpc) is 2.47. The predicted octanol–water partition coefficient (Wildman–Crippen LogP) is 4.78. The molecule has 23 heavy (non-hydrogen) atoms. The lowest BCUT2D eigenvalue weighted by Gasteiger charge is -2.57. The van der Waals surface area contributed by atoms with Gasteiger partial charge in [-0.05, 0) is 75.2 Å². The molecule has 4 atom stereocenters. The zero-order valence-electron chi connectivity index (χ0n) is 14.9. The van der Waals surface area contributed by atoms with E-state index in [9.17, 15) is 14.7 Å². The molecule has 0 radical (unpaired) electrons. The minimum Gasteiger partial charge on any atom is -0.481 e. The number of hydrogen-bond donors (Lipinski definition) is 1. The van der Waals surface area contributed by atoms with Crippen molar-refractivity contribution in [2.45, 2.75) is 66.2 Å². The molecule has 3 heteroatoms. The number of fused-ring (bicyclic) bond motifs is 1. The monoisotopic (exact) mass is 318 g/mol. The largest absolute Gasteiger partial charge is 0.481 e. The molecule has 0 aliphatic heterocycles. The van der Waals surface area contributed by atoms with E-state index in [0.29, 0.717) is 5.92 Å². The summed E-state index contributed by atoms with van der Waals surface area (Å²) in [5, 5.41) is 9.80. The third kappa shape index (κ3) is 3.15. The fraction of sp³-hybridized carbons (Fsp3) is 0.700. The van der Waals surface area contributed by atoms with E-state index < -0.39 is 5.97 Å². The average molecular weight is 318 g/mol. The number of aldehydes is 1. The van der Waals surface area contributed by atoms with Crippen molar-refractivity contribution in [3.05, 3.63) is 23.3 Å². The van der Waals surface area contributed by atoms with Crippen LogP contribution in [-0.2, 0) is 9.59 Å². The lowest BCUT2D eigenvalue weighted by Crippen LogP contribution is -2.52. The van der Waals surface area contributed by atoms with Gasteiger partial charge in [0.25, 0.3) is 0 Å². The van der Waals surface area contributed by atoms with Gasteiger partial charge in [-0.3, -0.25) is 9.59 Å². The third-order valence-electron chi connectivity index (χ3n) is 6.83. The van der Waals surface area contributed by atoms with E-state index in [-0.39, 0.29) is 16.7 Å². The molecule has 0 aromatic carbocycles. The standard InChI is InChI=1S/C20H30O3/c1-14(10-13-21)8-11-20(4)16(18(22)23)9-12-19(3)15(2)6-5-7-17(19)20/h6,10,13,16-17H,5,7-9,11-12H2,1-4H3,(H,22,23)/b14-10+/t16-,17-,19-,20+/m0/s1. The molecule has 2 rings (SSSR count). The first-order chi connectivity index (χ1) is 10.8. The van der Waals surface area contributed by atoms with Crippen molar-refractivity contribution in [1.29, 1.82) is 0 Å². The van der Waals surface area contributed by atoms with Crippen LogP contribution in [0.4, 0.5) is 0 Å². The molecular formula is C20H30O3. The van der Waals surface area contributed by atoms with Crippen molar-refractivity contribution >= 4 is 12.3 Å². The Morgan fingerprint density at radius 3 is 2.70 bits per heavy atom. The third-order valence-corrected chi connectivity index (χ3v) is 6.83. The Balaban J connectivity index is 2.35.